The Morgan fingerprint density at radius 3 is 2.32 bits per heavy atom. The van der Waals surface area contributed by atoms with Crippen molar-refractivity contribution in [2.75, 3.05) is 0 Å². The van der Waals surface area contributed by atoms with Gasteiger partial charge in [0.05, 0.1) is 0 Å². The van der Waals surface area contributed by atoms with Crippen LogP contribution in [0.5, 0.6) is 0 Å². The molecule has 2 rings (SSSR count). The van der Waals surface area contributed by atoms with Gasteiger partial charge in [0.15, 0.2) is 0 Å². The molecular formula is C17H22N2. The minimum atomic E-state index is -0.331. The van der Waals surface area contributed by atoms with E-state index in [4.69, 9.17) is 5.73 Å². The van der Waals surface area contributed by atoms with Crippen molar-refractivity contribution in [3.8, 4) is 0 Å². The van der Waals surface area contributed by atoms with Crippen molar-refractivity contribution in [2.24, 2.45) is 5.73 Å². The van der Waals surface area contributed by atoms with Crippen LogP contribution in [0.3, 0.4) is 0 Å². The van der Waals surface area contributed by atoms with Crippen molar-refractivity contribution in [2.45, 2.75) is 38.6 Å². The lowest BCUT2D eigenvalue weighted by molar-refractivity contribution is 0.420. The number of pyridine rings is 1. The van der Waals surface area contributed by atoms with Gasteiger partial charge in [-0.25, -0.2) is 0 Å². The first-order chi connectivity index (χ1) is 9.18. The van der Waals surface area contributed by atoms with E-state index >= 15 is 0 Å². The molecule has 2 nitrogen and oxygen atoms in total. The Morgan fingerprint density at radius 1 is 1.05 bits per heavy atom. The maximum atomic E-state index is 6.58. The Bertz CT molecular complexity index is 505. The molecule has 1 atom stereocenters. The van der Waals surface area contributed by atoms with Gasteiger partial charge in [-0.3, -0.25) is 4.98 Å². The first-order valence-corrected chi connectivity index (χ1v) is 6.96. The van der Waals surface area contributed by atoms with Crippen molar-refractivity contribution in [1.29, 1.82) is 0 Å². The van der Waals surface area contributed by atoms with Crippen LogP contribution in [0.2, 0.25) is 0 Å². The van der Waals surface area contributed by atoms with E-state index in [-0.39, 0.29) is 5.54 Å². The fourth-order valence-electron chi connectivity index (χ4n) is 2.29. The highest BCUT2D eigenvalue weighted by atomic mass is 14.8. The summed E-state index contributed by atoms with van der Waals surface area (Å²) in [5.74, 6) is 0. The second-order valence-corrected chi connectivity index (χ2v) is 5.06. The Balaban J connectivity index is 2.22. The van der Waals surface area contributed by atoms with Crippen LogP contribution >= 0.6 is 0 Å². The molecule has 0 spiro atoms. The molecule has 1 aromatic heterocycles. The second-order valence-electron chi connectivity index (χ2n) is 5.06. The zero-order valence-corrected chi connectivity index (χ0v) is 11.8. The quantitative estimate of drug-likeness (QED) is 0.887. The summed E-state index contributed by atoms with van der Waals surface area (Å²) in [6.45, 7) is 4.27. The predicted molar refractivity (Wildman–Crippen MR) is 79.9 cm³/mol. The van der Waals surface area contributed by atoms with Crippen molar-refractivity contribution < 1.29 is 0 Å². The lowest BCUT2D eigenvalue weighted by Gasteiger charge is -2.28. The Kier molecular flexibility index (Phi) is 4.33. The number of hydrogen-bond donors (Lipinski definition) is 1. The Hall–Kier alpha value is -1.67. The highest BCUT2D eigenvalue weighted by Crippen LogP contribution is 2.25. The summed E-state index contributed by atoms with van der Waals surface area (Å²) in [6, 6.07) is 14.5. The van der Waals surface area contributed by atoms with Gasteiger partial charge in [0.2, 0.25) is 0 Å². The van der Waals surface area contributed by atoms with Gasteiger partial charge in [0.25, 0.3) is 0 Å². The fraction of sp³-hybridized carbons (Fsp3) is 0.353. The monoisotopic (exact) mass is 254 g/mol. The molecule has 2 heteroatoms. The van der Waals surface area contributed by atoms with Gasteiger partial charge in [-0.15, -0.1) is 0 Å². The molecule has 0 aliphatic heterocycles. The van der Waals surface area contributed by atoms with Gasteiger partial charge in [-0.1, -0.05) is 50.2 Å². The summed E-state index contributed by atoms with van der Waals surface area (Å²) in [6.07, 6.45) is 4.65. The van der Waals surface area contributed by atoms with Crippen molar-refractivity contribution in [3.63, 3.8) is 0 Å². The van der Waals surface area contributed by atoms with Crippen LogP contribution < -0.4 is 5.73 Å². The molecule has 0 radical (unpaired) electrons. The number of benzene rings is 1. The van der Waals surface area contributed by atoms with Gasteiger partial charge in [-0.05, 0) is 30.0 Å². The molecule has 19 heavy (non-hydrogen) atoms. The minimum Gasteiger partial charge on any atom is -0.321 e. The molecule has 2 aromatic rings. The third-order valence-corrected chi connectivity index (χ3v) is 3.77. The first-order valence-electron chi connectivity index (χ1n) is 6.96. The van der Waals surface area contributed by atoms with Crippen LogP contribution in [-0.2, 0) is 18.4 Å². The van der Waals surface area contributed by atoms with E-state index in [1.54, 1.807) is 0 Å². The lowest BCUT2D eigenvalue weighted by atomic mass is 9.84. The van der Waals surface area contributed by atoms with Crippen molar-refractivity contribution in [3.05, 3.63) is 65.5 Å². The van der Waals surface area contributed by atoms with E-state index in [0.29, 0.717) is 0 Å². The molecule has 0 amide bonds. The fourth-order valence-corrected chi connectivity index (χ4v) is 2.29. The van der Waals surface area contributed by atoms with Crippen LogP contribution in [0, 0.1) is 0 Å². The molecule has 0 saturated carbocycles. The van der Waals surface area contributed by atoms with E-state index in [9.17, 15) is 0 Å². The molecule has 0 aliphatic carbocycles. The first kappa shape index (κ1) is 13.8. The molecule has 1 aromatic carbocycles. The zero-order valence-electron chi connectivity index (χ0n) is 11.8. The SMILES string of the molecule is CCc1ccc(CC(N)(CC)c2ccccc2)nc1. The molecular weight excluding hydrogens is 232 g/mol. The van der Waals surface area contributed by atoms with E-state index < -0.39 is 0 Å². The van der Waals surface area contributed by atoms with Gasteiger partial charge in [-0.2, -0.15) is 0 Å². The average molecular weight is 254 g/mol. The number of nitrogens with zero attached hydrogens (tertiary/aromatic N) is 1. The van der Waals surface area contributed by atoms with Crippen LogP contribution in [0.1, 0.15) is 37.1 Å². The second kappa shape index (κ2) is 5.98. The molecule has 0 aliphatic rings. The highest BCUT2D eigenvalue weighted by Gasteiger charge is 2.25. The topological polar surface area (TPSA) is 38.9 Å². The third-order valence-electron chi connectivity index (χ3n) is 3.77. The van der Waals surface area contributed by atoms with Gasteiger partial charge in [0.1, 0.15) is 0 Å². The number of nitrogens with two attached hydrogens (primary N) is 1. The Morgan fingerprint density at radius 2 is 1.79 bits per heavy atom. The van der Waals surface area contributed by atoms with E-state index in [1.807, 2.05) is 24.4 Å². The molecule has 0 saturated heterocycles. The van der Waals surface area contributed by atoms with Crippen molar-refractivity contribution in [1.82, 2.24) is 4.98 Å². The molecule has 0 fully saturated rings. The number of rotatable bonds is 5. The smallest absolute Gasteiger partial charge is 0.0462 e. The van der Waals surface area contributed by atoms with E-state index in [1.165, 1.54) is 11.1 Å². The van der Waals surface area contributed by atoms with Crippen LogP contribution in [0.15, 0.2) is 48.7 Å². The van der Waals surface area contributed by atoms with Crippen LogP contribution in [-0.4, -0.2) is 4.98 Å². The van der Waals surface area contributed by atoms with E-state index in [2.05, 4.69) is 43.1 Å². The summed E-state index contributed by atoms with van der Waals surface area (Å²) in [7, 11) is 0. The van der Waals surface area contributed by atoms with Crippen molar-refractivity contribution >= 4 is 0 Å². The number of aryl methyl sites for hydroxylation is 1. The summed E-state index contributed by atoms with van der Waals surface area (Å²) in [4.78, 5) is 4.53. The molecule has 0 bridgehead atoms. The van der Waals surface area contributed by atoms with Crippen LogP contribution in [0.25, 0.3) is 0 Å². The lowest BCUT2D eigenvalue weighted by Crippen LogP contribution is -2.38. The molecule has 1 unspecified atom stereocenters. The van der Waals surface area contributed by atoms with Crippen LogP contribution in [0.4, 0.5) is 0 Å². The standard InChI is InChI=1S/C17H22N2/c1-3-14-10-11-16(19-13-14)12-17(18,4-2)15-8-6-5-7-9-15/h5-11,13H,3-4,12,18H2,1-2H3. The summed E-state index contributed by atoms with van der Waals surface area (Å²) >= 11 is 0. The molecule has 100 valence electrons. The summed E-state index contributed by atoms with van der Waals surface area (Å²) in [5.41, 5.74) is 9.76. The number of aromatic nitrogens is 1. The Labute approximate surface area is 115 Å². The van der Waals surface area contributed by atoms with Gasteiger partial charge >= 0.3 is 0 Å². The van der Waals surface area contributed by atoms with Gasteiger partial charge < -0.3 is 5.73 Å². The summed E-state index contributed by atoms with van der Waals surface area (Å²) < 4.78 is 0. The maximum Gasteiger partial charge on any atom is 0.0462 e. The molecule has 1 heterocycles. The zero-order chi connectivity index (χ0) is 13.7. The number of hydrogen-bond acceptors (Lipinski definition) is 2. The largest absolute Gasteiger partial charge is 0.321 e. The summed E-state index contributed by atoms with van der Waals surface area (Å²) in [5, 5.41) is 0. The maximum absolute atomic E-state index is 6.58. The van der Waals surface area contributed by atoms with Gasteiger partial charge in [0, 0.05) is 23.9 Å². The average Bonchev–Trinajstić information content (AvgIpc) is 2.49. The minimum absolute atomic E-state index is 0.331. The predicted octanol–water partition coefficient (Wildman–Crippen LogP) is 3.45. The van der Waals surface area contributed by atoms with E-state index in [0.717, 1.165) is 25.0 Å². The molecule has 2 N–H and O–H groups in total. The highest BCUT2D eigenvalue weighted by molar-refractivity contribution is 5.26. The third kappa shape index (κ3) is 3.21. The normalized spacial score (nSPS) is 14.1.